The van der Waals surface area contributed by atoms with Crippen molar-refractivity contribution in [1.82, 2.24) is 4.98 Å². The number of aromatic hydroxyl groups is 1. The Morgan fingerprint density at radius 1 is 1.10 bits per heavy atom. The lowest BCUT2D eigenvalue weighted by Gasteiger charge is -2.09. The quantitative estimate of drug-likeness (QED) is 0.764. The van der Waals surface area contributed by atoms with Gasteiger partial charge in [0.25, 0.3) is 0 Å². The Balaban J connectivity index is 2.21. The molecule has 0 unspecified atom stereocenters. The summed E-state index contributed by atoms with van der Waals surface area (Å²) < 4.78 is 5.22. The second-order valence-electron chi connectivity index (χ2n) is 4.42. The third kappa shape index (κ3) is 2.17. The first-order chi connectivity index (χ1) is 9.69. The van der Waals surface area contributed by atoms with Crippen molar-refractivity contribution in [3.63, 3.8) is 0 Å². The predicted molar refractivity (Wildman–Crippen MR) is 80.4 cm³/mol. The van der Waals surface area contributed by atoms with Crippen LogP contribution in [0.3, 0.4) is 0 Å². The minimum atomic E-state index is 0.222. The molecular weight excluding hydrogens is 274 g/mol. The number of hydrogen-bond donors (Lipinski definition) is 1. The van der Waals surface area contributed by atoms with Crippen LogP contribution in [0.4, 0.5) is 0 Å². The zero-order chi connectivity index (χ0) is 14.1. The first-order valence-electron chi connectivity index (χ1n) is 6.10. The summed E-state index contributed by atoms with van der Waals surface area (Å²) in [5.41, 5.74) is 2.55. The number of pyridine rings is 1. The van der Waals surface area contributed by atoms with Gasteiger partial charge in [-0.15, -0.1) is 0 Å². The molecule has 100 valence electrons. The van der Waals surface area contributed by atoms with Crippen molar-refractivity contribution in [2.45, 2.75) is 0 Å². The fourth-order valence-corrected chi connectivity index (χ4v) is 2.42. The lowest BCUT2D eigenvalue weighted by molar-refractivity contribution is 0.415. The summed E-state index contributed by atoms with van der Waals surface area (Å²) in [5.74, 6) is 0.962. The smallest absolute Gasteiger partial charge is 0.119 e. The number of rotatable bonds is 2. The van der Waals surface area contributed by atoms with Crippen LogP contribution in [0.25, 0.3) is 22.0 Å². The Bertz CT molecular complexity index is 769. The van der Waals surface area contributed by atoms with Crippen molar-refractivity contribution < 1.29 is 9.84 Å². The summed E-state index contributed by atoms with van der Waals surface area (Å²) >= 11 is 6.49. The molecule has 4 heteroatoms. The number of halogens is 1. The highest BCUT2D eigenvalue weighted by Crippen LogP contribution is 2.35. The summed E-state index contributed by atoms with van der Waals surface area (Å²) in [7, 11) is 1.62. The number of hydrogen-bond acceptors (Lipinski definition) is 3. The van der Waals surface area contributed by atoms with E-state index in [-0.39, 0.29) is 5.75 Å². The van der Waals surface area contributed by atoms with Crippen LogP contribution in [0.5, 0.6) is 11.5 Å². The SMILES string of the molecule is COc1ccc2ncc(-c3ccc(O)cc3)c(Cl)c2c1. The first-order valence-corrected chi connectivity index (χ1v) is 6.48. The third-order valence-corrected chi connectivity index (χ3v) is 3.59. The average molecular weight is 286 g/mol. The molecule has 0 atom stereocenters. The monoisotopic (exact) mass is 285 g/mol. The number of aromatic nitrogens is 1. The van der Waals surface area contributed by atoms with Crippen molar-refractivity contribution in [3.8, 4) is 22.6 Å². The van der Waals surface area contributed by atoms with Crippen molar-refractivity contribution in [2.75, 3.05) is 7.11 Å². The van der Waals surface area contributed by atoms with Gasteiger partial charge in [-0.25, -0.2) is 0 Å². The van der Waals surface area contributed by atoms with Crippen LogP contribution < -0.4 is 4.74 Å². The number of benzene rings is 2. The average Bonchev–Trinajstić information content (AvgIpc) is 2.49. The Hall–Kier alpha value is -2.26. The Labute approximate surface area is 121 Å². The molecule has 0 aliphatic rings. The van der Waals surface area contributed by atoms with E-state index in [0.717, 1.165) is 27.8 Å². The minimum absolute atomic E-state index is 0.222. The maximum atomic E-state index is 9.35. The Kier molecular flexibility index (Phi) is 3.20. The van der Waals surface area contributed by atoms with E-state index < -0.39 is 0 Å². The molecule has 3 nitrogen and oxygen atoms in total. The lowest BCUT2D eigenvalue weighted by atomic mass is 10.0. The number of nitrogens with zero attached hydrogens (tertiary/aromatic N) is 1. The molecule has 0 bridgehead atoms. The van der Waals surface area contributed by atoms with Crippen molar-refractivity contribution in [2.24, 2.45) is 0 Å². The van der Waals surface area contributed by atoms with Gasteiger partial charge in [-0.3, -0.25) is 4.98 Å². The molecule has 1 N–H and O–H groups in total. The first kappa shape index (κ1) is 12.8. The lowest BCUT2D eigenvalue weighted by Crippen LogP contribution is -1.88. The molecule has 0 aliphatic carbocycles. The van der Waals surface area contributed by atoms with Crippen LogP contribution in [-0.2, 0) is 0 Å². The van der Waals surface area contributed by atoms with Gasteiger partial charge in [-0.2, -0.15) is 0 Å². The molecule has 0 aliphatic heterocycles. The number of methoxy groups -OCH3 is 1. The summed E-state index contributed by atoms with van der Waals surface area (Å²) in [4.78, 5) is 4.41. The topological polar surface area (TPSA) is 42.4 Å². The highest BCUT2D eigenvalue weighted by molar-refractivity contribution is 6.38. The largest absolute Gasteiger partial charge is 0.508 e. The molecule has 0 saturated heterocycles. The molecule has 0 spiro atoms. The number of fused-ring (bicyclic) bond motifs is 1. The van der Waals surface area contributed by atoms with Crippen LogP contribution in [0.1, 0.15) is 0 Å². The van der Waals surface area contributed by atoms with E-state index in [4.69, 9.17) is 16.3 Å². The molecule has 0 radical (unpaired) electrons. The highest BCUT2D eigenvalue weighted by atomic mass is 35.5. The standard InChI is InChI=1S/C16H12ClNO2/c1-20-12-6-7-15-13(8-12)16(17)14(9-18-15)10-2-4-11(19)5-3-10/h2-9,19H,1H3. The molecule has 1 heterocycles. The zero-order valence-corrected chi connectivity index (χ0v) is 11.6. The van der Waals surface area contributed by atoms with Gasteiger partial charge >= 0.3 is 0 Å². The van der Waals surface area contributed by atoms with Crippen LogP contribution in [-0.4, -0.2) is 17.2 Å². The molecule has 0 fully saturated rings. The van der Waals surface area contributed by atoms with Gasteiger partial charge in [0.2, 0.25) is 0 Å². The third-order valence-electron chi connectivity index (χ3n) is 3.19. The molecule has 0 saturated carbocycles. The molecule has 3 aromatic rings. The normalized spacial score (nSPS) is 10.7. The molecule has 0 amide bonds. The fourth-order valence-electron chi connectivity index (χ4n) is 2.11. The van der Waals surface area contributed by atoms with Gasteiger partial charge in [-0.1, -0.05) is 23.7 Å². The maximum Gasteiger partial charge on any atom is 0.119 e. The van der Waals surface area contributed by atoms with E-state index in [1.807, 2.05) is 30.3 Å². The van der Waals surface area contributed by atoms with Gasteiger partial charge in [0, 0.05) is 17.1 Å². The van der Waals surface area contributed by atoms with Gasteiger partial charge in [0.15, 0.2) is 0 Å². The van der Waals surface area contributed by atoms with E-state index in [1.54, 1.807) is 25.4 Å². The molecular formula is C16H12ClNO2. The van der Waals surface area contributed by atoms with E-state index in [2.05, 4.69) is 4.98 Å². The van der Waals surface area contributed by atoms with Gasteiger partial charge in [0.05, 0.1) is 17.6 Å². The van der Waals surface area contributed by atoms with Crippen LogP contribution in [0.2, 0.25) is 5.02 Å². The van der Waals surface area contributed by atoms with Crippen LogP contribution in [0.15, 0.2) is 48.7 Å². The Morgan fingerprint density at radius 2 is 1.85 bits per heavy atom. The van der Waals surface area contributed by atoms with Gasteiger partial charge < -0.3 is 9.84 Å². The highest BCUT2D eigenvalue weighted by Gasteiger charge is 2.09. The van der Waals surface area contributed by atoms with Crippen molar-refractivity contribution >= 4 is 22.5 Å². The van der Waals surface area contributed by atoms with Gasteiger partial charge in [0.1, 0.15) is 11.5 Å². The summed E-state index contributed by atoms with van der Waals surface area (Å²) in [6.07, 6.45) is 1.74. The van der Waals surface area contributed by atoms with E-state index >= 15 is 0 Å². The van der Waals surface area contributed by atoms with Gasteiger partial charge in [-0.05, 0) is 35.9 Å². The summed E-state index contributed by atoms with van der Waals surface area (Å²) in [6, 6.07) is 12.5. The van der Waals surface area contributed by atoms with E-state index in [9.17, 15) is 5.11 Å². The van der Waals surface area contributed by atoms with E-state index in [1.165, 1.54) is 0 Å². The number of phenols is 1. The summed E-state index contributed by atoms with van der Waals surface area (Å²) in [5, 5.41) is 10.8. The minimum Gasteiger partial charge on any atom is -0.508 e. The zero-order valence-electron chi connectivity index (χ0n) is 10.8. The summed E-state index contributed by atoms with van der Waals surface area (Å²) in [6.45, 7) is 0. The Morgan fingerprint density at radius 3 is 2.55 bits per heavy atom. The molecule has 3 rings (SSSR count). The molecule has 2 aromatic carbocycles. The predicted octanol–water partition coefficient (Wildman–Crippen LogP) is 4.27. The second kappa shape index (κ2) is 5.02. The number of phenolic OH excluding ortho intramolecular Hbond substituents is 1. The van der Waals surface area contributed by atoms with Crippen molar-refractivity contribution in [1.29, 1.82) is 0 Å². The van der Waals surface area contributed by atoms with E-state index in [0.29, 0.717) is 5.02 Å². The van der Waals surface area contributed by atoms with Crippen molar-refractivity contribution in [3.05, 3.63) is 53.7 Å². The number of ether oxygens (including phenoxy) is 1. The second-order valence-corrected chi connectivity index (χ2v) is 4.79. The molecule has 1 aromatic heterocycles. The van der Waals surface area contributed by atoms with Crippen LogP contribution in [0, 0.1) is 0 Å². The fraction of sp³-hybridized carbons (Fsp3) is 0.0625. The molecule has 20 heavy (non-hydrogen) atoms. The maximum absolute atomic E-state index is 9.35. The van der Waals surface area contributed by atoms with Crippen LogP contribution >= 0.6 is 11.6 Å².